The fourth-order valence-corrected chi connectivity index (χ4v) is 5.27. The van der Waals surface area contributed by atoms with E-state index in [9.17, 15) is 9.59 Å². The molecule has 0 atom stereocenters. The molecule has 0 bridgehead atoms. The summed E-state index contributed by atoms with van der Waals surface area (Å²) in [6.07, 6.45) is 7.50. The number of carbonyl (C=O) groups is 2. The SMILES string of the molecule is CCCN(CC(=O)N1CCC(C2CCN(C)CC2)CC1)C(=O)c1ccc2cc[nH]c2c1.Cl. The molecule has 0 unspecified atom stereocenters. The van der Waals surface area contributed by atoms with Crippen LogP contribution in [0, 0.1) is 11.8 Å². The molecule has 2 aliphatic rings. The third-order valence-corrected chi connectivity index (χ3v) is 7.23. The van der Waals surface area contributed by atoms with Gasteiger partial charge in [-0.25, -0.2) is 0 Å². The summed E-state index contributed by atoms with van der Waals surface area (Å²) in [5.74, 6) is 1.59. The molecule has 0 radical (unpaired) electrons. The molecule has 32 heavy (non-hydrogen) atoms. The Morgan fingerprint density at radius 2 is 1.69 bits per heavy atom. The maximum atomic E-state index is 13.1. The molecule has 7 heteroatoms. The van der Waals surface area contributed by atoms with Gasteiger partial charge in [-0.1, -0.05) is 13.0 Å². The Kier molecular flexibility index (Phi) is 8.60. The highest BCUT2D eigenvalue weighted by Crippen LogP contribution is 2.32. The molecular formula is C25H37ClN4O2. The van der Waals surface area contributed by atoms with E-state index in [1.807, 2.05) is 42.3 Å². The van der Waals surface area contributed by atoms with E-state index in [-0.39, 0.29) is 30.8 Å². The number of carbonyl (C=O) groups excluding carboxylic acids is 2. The summed E-state index contributed by atoms with van der Waals surface area (Å²) in [5.41, 5.74) is 1.58. The Balaban J connectivity index is 0.00000289. The summed E-state index contributed by atoms with van der Waals surface area (Å²) < 4.78 is 0. The fourth-order valence-electron chi connectivity index (χ4n) is 5.27. The van der Waals surface area contributed by atoms with Gasteiger partial charge in [0.2, 0.25) is 5.91 Å². The number of aromatic nitrogens is 1. The van der Waals surface area contributed by atoms with Crippen molar-refractivity contribution in [2.24, 2.45) is 11.8 Å². The first-order chi connectivity index (χ1) is 15.0. The quantitative estimate of drug-likeness (QED) is 0.708. The molecule has 176 valence electrons. The lowest BCUT2D eigenvalue weighted by Gasteiger charge is -2.39. The van der Waals surface area contributed by atoms with Gasteiger partial charge in [-0.3, -0.25) is 9.59 Å². The molecule has 4 rings (SSSR count). The molecule has 3 heterocycles. The molecule has 2 amide bonds. The lowest BCUT2D eigenvalue weighted by molar-refractivity contribution is -0.133. The van der Waals surface area contributed by atoms with Gasteiger partial charge in [0.05, 0.1) is 0 Å². The highest BCUT2D eigenvalue weighted by Gasteiger charge is 2.31. The topological polar surface area (TPSA) is 59.7 Å². The van der Waals surface area contributed by atoms with Crippen molar-refractivity contribution in [2.45, 2.75) is 39.0 Å². The number of hydrogen-bond acceptors (Lipinski definition) is 3. The van der Waals surface area contributed by atoms with Crippen molar-refractivity contribution in [2.75, 3.05) is 46.3 Å². The van der Waals surface area contributed by atoms with Crippen molar-refractivity contribution in [3.8, 4) is 0 Å². The van der Waals surface area contributed by atoms with Crippen LogP contribution in [-0.4, -0.2) is 77.8 Å². The van der Waals surface area contributed by atoms with Gasteiger partial charge in [-0.05, 0) is 87.7 Å². The molecule has 1 aromatic heterocycles. The summed E-state index contributed by atoms with van der Waals surface area (Å²) >= 11 is 0. The molecular weight excluding hydrogens is 424 g/mol. The van der Waals surface area contributed by atoms with Crippen LogP contribution in [0.25, 0.3) is 10.9 Å². The van der Waals surface area contributed by atoms with Crippen LogP contribution >= 0.6 is 12.4 Å². The third kappa shape index (κ3) is 5.65. The Morgan fingerprint density at radius 1 is 1.03 bits per heavy atom. The monoisotopic (exact) mass is 460 g/mol. The van der Waals surface area contributed by atoms with E-state index in [4.69, 9.17) is 0 Å². The highest BCUT2D eigenvalue weighted by atomic mass is 35.5. The smallest absolute Gasteiger partial charge is 0.254 e. The summed E-state index contributed by atoms with van der Waals surface area (Å²) in [6.45, 7) is 6.88. The predicted octanol–water partition coefficient (Wildman–Crippen LogP) is 4.02. The summed E-state index contributed by atoms with van der Waals surface area (Å²) in [4.78, 5) is 35.5. The van der Waals surface area contributed by atoms with E-state index < -0.39 is 0 Å². The van der Waals surface area contributed by atoms with E-state index in [0.717, 1.165) is 55.1 Å². The zero-order valence-corrected chi connectivity index (χ0v) is 20.2. The van der Waals surface area contributed by atoms with Crippen LogP contribution in [0.4, 0.5) is 0 Å². The maximum Gasteiger partial charge on any atom is 0.254 e. The lowest BCUT2D eigenvalue weighted by Crippen LogP contribution is -2.47. The minimum atomic E-state index is -0.0621. The molecule has 0 spiro atoms. The number of piperidine rings is 2. The first-order valence-corrected chi connectivity index (χ1v) is 11.9. The maximum absolute atomic E-state index is 13.1. The molecule has 0 aliphatic carbocycles. The number of amides is 2. The van der Waals surface area contributed by atoms with Crippen molar-refractivity contribution in [3.63, 3.8) is 0 Å². The van der Waals surface area contributed by atoms with Crippen LogP contribution in [0.3, 0.4) is 0 Å². The molecule has 1 aromatic carbocycles. The lowest BCUT2D eigenvalue weighted by atomic mass is 9.79. The molecule has 6 nitrogen and oxygen atoms in total. The van der Waals surface area contributed by atoms with Crippen LogP contribution in [0.1, 0.15) is 49.4 Å². The van der Waals surface area contributed by atoms with E-state index in [1.165, 1.54) is 25.9 Å². The van der Waals surface area contributed by atoms with E-state index >= 15 is 0 Å². The number of nitrogens with one attached hydrogen (secondary N) is 1. The van der Waals surface area contributed by atoms with Gasteiger partial charge in [0.25, 0.3) is 5.91 Å². The van der Waals surface area contributed by atoms with Crippen LogP contribution in [0.15, 0.2) is 30.5 Å². The first-order valence-electron chi connectivity index (χ1n) is 11.9. The van der Waals surface area contributed by atoms with Gasteiger partial charge >= 0.3 is 0 Å². The van der Waals surface area contributed by atoms with Gasteiger partial charge in [0.15, 0.2) is 0 Å². The molecule has 0 saturated carbocycles. The number of rotatable bonds is 6. The number of benzene rings is 1. The summed E-state index contributed by atoms with van der Waals surface area (Å²) in [5, 5.41) is 1.09. The first kappa shape index (κ1) is 24.6. The average molecular weight is 461 g/mol. The number of fused-ring (bicyclic) bond motifs is 1. The number of nitrogens with zero attached hydrogens (tertiary/aromatic N) is 3. The zero-order valence-electron chi connectivity index (χ0n) is 19.4. The van der Waals surface area contributed by atoms with Crippen molar-refractivity contribution in [1.29, 1.82) is 0 Å². The summed E-state index contributed by atoms with van der Waals surface area (Å²) in [7, 11) is 2.21. The molecule has 2 fully saturated rings. The normalized spacial score (nSPS) is 18.5. The highest BCUT2D eigenvalue weighted by molar-refractivity contribution is 5.99. The van der Waals surface area contributed by atoms with Crippen LogP contribution in [0.5, 0.6) is 0 Å². The van der Waals surface area contributed by atoms with Crippen LogP contribution in [0.2, 0.25) is 0 Å². The average Bonchev–Trinajstić information content (AvgIpc) is 3.27. The van der Waals surface area contributed by atoms with Gasteiger partial charge in [-0.15, -0.1) is 12.4 Å². The number of aromatic amines is 1. The fraction of sp³-hybridized carbons (Fsp3) is 0.600. The largest absolute Gasteiger partial charge is 0.361 e. The molecule has 2 aromatic rings. The number of halogens is 1. The van der Waals surface area contributed by atoms with Crippen molar-refractivity contribution >= 4 is 35.1 Å². The second-order valence-corrected chi connectivity index (χ2v) is 9.37. The Labute approximate surface area is 197 Å². The number of H-pyrrole nitrogens is 1. The zero-order chi connectivity index (χ0) is 21.8. The second-order valence-electron chi connectivity index (χ2n) is 9.37. The summed E-state index contributed by atoms with van der Waals surface area (Å²) in [6, 6.07) is 7.70. The Morgan fingerprint density at radius 3 is 2.34 bits per heavy atom. The van der Waals surface area contributed by atoms with E-state index in [2.05, 4.69) is 16.9 Å². The standard InChI is InChI=1S/C25H36N4O2.ClH/c1-3-12-29(25(31)22-5-4-21-6-11-26-23(21)17-22)18-24(30)28-15-9-20(10-16-28)19-7-13-27(2)14-8-19;/h4-6,11,17,19-20,26H,3,7-10,12-16,18H2,1-2H3;1H. The molecule has 2 saturated heterocycles. The molecule has 2 aliphatic heterocycles. The van der Waals surface area contributed by atoms with E-state index in [1.54, 1.807) is 4.90 Å². The van der Waals surface area contributed by atoms with Gasteiger partial charge in [-0.2, -0.15) is 0 Å². The Hall–Kier alpha value is -2.05. The third-order valence-electron chi connectivity index (χ3n) is 7.23. The number of hydrogen-bond donors (Lipinski definition) is 1. The number of likely N-dealkylation sites (tertiary alicyclic amines) is 2. The van der Waals surface area contributed by atoms with Gasteiger partial charge in [0, 0.05) is 36.9 Å². The minimum Gasteiger partial charge on any atom is -0.361 e. The molecule has 1 N–H and O–H groups in total. The Bertz CT molecular complexity index is 898. The van der Waals surface area contributed by atoms with Crippen LogP contribution < -0.4 is 0 Å². The van der Waals surface area contributed by atoms with Crippen LogP contribution in [-0.2, 0) is 4.79 Å². The van der Waals surface area contributed by atoms with Crippen molar-refractivity contribution < 1.29 is 9.59 Å². The van der Waals surface area contributed by atoms with Gasteiger partial charge < -0.3 is 19.7 Å². The van der Waals surface area contributed by atoms with Crippen molar-refractivity contribution in [3.05, 3.63) is 36.0 Å². The van der Waals surface area contributed by atoms with E-state index in [0.29, 0.717) is 12.1 Å². The van der Waals surface area contributed by atoms with Crippen molar-refractivity contribution in [1.82, 2.24) is 19.7 Å². The second kappa shape index (κ2) is 11.2. The minimum absolute atomic E-state index is 0. The predicted molar refractivity (Wildman–Crippen MR) is 131 cm³/mol. The van der Waals surface area contributed by atoms with Gasteiger partial charge in [0.1, 0.15) is 6.54 Å².